The van der Waals surface area contributed by atoms with Gasteiger partial charge >= 0.3 is 5.97 Å². The molecule has 1 heterocycles. The Morgan fingerprint density at radius 1 is 1.15 bits per heavy atom. The van der Waals surface area contributed by atoms with Gasteiger partial charge in [-0.2, -0.15) is 0 Å². The summed E-state index contributed by atoms with van der Waals surface area (Å²) in [4.78, 5) is 12.9. The van der Waals surface area contributed by atoms with Crippen molar-refractivity contribution in [2.24, 2.45) is 0 Å². The van der Waals surface area contributed by atoms with E-state index in [1.54, 1.807) is 12.1 Å². The molecule has 0 saturated carbocycles. The maximum absolute atomic E-state index is 10.9. The Morgan fingerprint density at radius 2 is 1.85 bits per heavy atom. The number of benzene rings is 2. The molecule has 4 nitrogen and oxygen atoms in total. The third-order valence-electron chi connectivity index (χ3n) is 3.56. The Morgan fingerprint density at radius 3 is 2.55 bits per heavy atom. The minimum Gasteiger partial charge on any atom is -0.493 e. The van der Waals surface area contributed by atoms with Crippen LogP contribution in [0.5, 0.6) is 5.75 Å². The minimum absolute atomic E-state index is 0.296. The molecule has 0 spiro atoms. The van der Waals surface area contributed by atoms with Gasteiger partial charge in [-0.15, -0.1) is 0 Å². The topological polar surface area (TPSA) is 49.8 Å². The minimum atomic E-state index is -0.908. The maximum Gasteiger partial charge on any atom is 0.335 e. The van der Waals surface area contributed by atoms with E-state index in [-0.39, 0.29) is 0 Å². The zero-order valence-corrected chi connectivity index (χ0v) is 11.2. The third kappa shape index (κ3) is 2.20. The molecule has 0 amide bonds. The van der Waals surface area contributed by atoms with Gasteiger partial charge in [-0.1, -0.05) is 0 Å². The van der Waals surface area contributed by atoms with Crippen LogP contribution in [0.15, 0.2) is 42.5 Å². The number of hydrogen-bond acceptors (Lipinski definition) is 3. The molecule has 1 aliphatic rings. The molecule has 0 bridgehead atoms. The standard InChI is InChI=1S/C16H15NO3/c1-17(13-4-2-11(3-5-13)16(18)19)14-6-7-15-12(10-14)8-9-20-15/h2-7,10H,8-9H2,1H3,(H,18,19). The van der Waals surface area contributed by atoms with Crippen molar-refractivity contribution in [2.45, 2.75) is 6.42 Å². The summed E-state index contributed by atoms with van der Waals surface area (Å²) in [6, 6.07) is 13.0. The van der Waals surface area contributed by atoms with E-state index in [0.29, 0.717) is 5.56 Å². The number of hydrogen-bond donors (Lipinski definition) is 1. The summed E-state index contributed by atoms with van der Waals surface area (Å²) in [6.07, 6.45) is 0.939. The summed E-state index contributed by atoms with van der Waals surface area (Å²) in [7, 11) is 1.97. The molecule has 0 saturated heterocycles. The lowest BCUT2D eigenvalue weighted by molar-refractivity contribution is 0.0697. The van der Waals surface area contributed by atoms with Gasteiger partial charge in [-0.05, 0) is 48.0 Å². The van der Waals surface area contributed by atoms with Crippen LogP contribution in [0.1, 0.15) is 15.9 Å². The molecule has 0 radical (unpaired) electrons. The van der Waals surface area contributed by atoms with E-state index in [4.69, 9.17) is 9.84 Å². The lowest BCUT2D eigenvalue weighted by Gasteiger charge is -2.20. The highest BCUT2D eigenvalue weighted by Crippen LogP contribution is 2.31. The van der Waals surface area contributed by atoms with E-state index in [1.807, 2.05) is 36.2 Å². The number of carboxylic acids is 1. The van der Waals surface area contributed by atoms with Crippen molar-refractivity contribution in [2.75, 3.05) is 18.6 Å². The van der Waals surface area contributed by atoms with Gasteiger partial charge in [-0.25, -0.2) is 4.79 Å². The number of carbonyl (C=O) groups is 1. The Bertz CT molecular complexity index is 649. The van der Waals surface area contributed by atoms with Crippen molar-refractivity contribution >= 4 is 17.3 Å². The predicted molar refractivity (Wildman–Crippen MR) is 77.1 cm³/mol. The first-order valence-electron chi connectivity index (χ1n) is 6.48. The molecule has 2 aromatic carbocycles. The van der Waals surface area contributed by atoms with Crippen LogP contribution in [0.4, 0.5) is 11.4 Å². The van der Waals surface area contributed by atoms with E-state index in [1.165, 1.54) is 5.56 Å². The average molecular weight is 269 g/mol. The van der Waals surface area contributed by atoms with E-state index in [0.717, 1.165) is 30.2 Å². The summed E-state index contributed by atoms with van der Waals surface area (Å²) in [5, 5.41) is 8.91. The predicted octanol–water partition coefficient (Wildman–Crippen LogP) is 3.09. The Balaban J connectivity index is 1.88. The molecule has 0 unspecified atom stereocenters. The molecular formula is C16H15NO3. The molecule has 0 atom stereocenters. The number of fused-ring (bicyclic) bond motifs is 1. The summed E-state index contributed by atoms with van der Waals surface area (Å²) in [5.74, 6) is 0.0530. The summed E-state index contributed by atoms with van der Waals surface area (Å²) in [5.41, 5.74) is 3.53. The first-order valence-corrected chi connectivity index (χ1v) is 6.48. The van der Waals surface area contributed by atoms with Crippen molar-refractivity contribution in [3.8, 4) is 5.75 Å². The van der Waals surface area contributed by atoms with Crippen LogP contribution in [-0.2, 0) is 6.42 Å². The lowest BCUT2D eigenvalue weighted by Crippen LogP contribution is -2.09. The fourth-order valence-electron chi connectivity index (χ4n) is 2.36. The van der Waals surface area contributed by atoms with Crippen LogP contribution >= 0.6 is 0 Å². The van der Waals surface area contributed by atoms with Crippen LogP contribution in [0.25, 0.3) is 0 Å². The maximum atomic E-state index is 10.9. The zero-order chi connectivity index (χ0) is 14.1. The number of anilines is 2. The number of rotatable bonds is 3. The van der Waals surface area contributed by atoms with Gasteiger partial charge < -0.3 is 14.7 Å². The van der Waals surface area contributed by atoms with Gasteiger partial charge in [0.15, 0.2) is 0 Å². The van der Waals surface area contributed by atoms with Crippen LogP contribution in [-0.4, -0.2) is 24.7 Å². The van der Waals surface area contributed by atoms with Gasteiger partial charge in [0, 0.05) is 24.8 Å². The second kappa shape index (κ2) is 4.89. The van der Waals surface area contributed by atoms with Gasteiger partial charge in [-0.3, -0.25) is 0 Å². The molecule has 1 N–H and O–H groups in total. The van der Waals surface area contributed by atoms with E-state index in [2.05, 4.69) is 6.07 Å². The lowest BCUT2D eigenvalue weighted by atomic mass is 10.1. The third-order valence-corrected chi connectivity index (χ3v) is 3.56. The van der Waals surface area contributed by atoms with Crippen molar-refractivity contribution in [1.29, 1.82) is 0 Å². The van der Waals surface area contributed by atoms with Crippen LogP contribution in [0.2, 0.25) is 0 Å². The monoisotopic (exact) mass is 269 g/mol. The van der Waals surface area contributed by atoms with Gasteiger partial charge in [0.05, 0.1) is 12.2 Å². The highest BCUT2D eigenvalue weighted by atomic mass is 16.5. The quantitative estimate of drug-likeness (QED) is 0.930. The van der Waals surface area contributed by atoms with E-state index < -0.39 is 5.97 Å². The van der Waals surface area contributed by atoms with Crippen LogP contribution in [0.3, 0.4) is 0 Å². The number of ether oxygens (including phenoxy) is 1. The molecule has 1 aliphatic heterocycles. The van der Waals surface area contributed by atoms with Crippen molar-refractivity contribution in [3.63, 3.8) is 0 Å². The Hall–Kier alpha value is -2.49. The SMILES string of the molecule is CN(c1ccc(C(=O)O)cc1)c1ccc2c(c1)CCO2. The van der Waals surface area contributed by atoms with Gasteiger partial charge in [0.1, 0.15) is 5.75 Å². The van der Waals surface area contributed by atoms with Gasteiger partial charge in [0.25, 0.3) is 0 Å². The molecule has 3 rings (SSSR count). The second-order valence-electron chi connectivity index (χ2n) is 4.80. The molecule has 0 aliphatic carbocycles. The first kappa shape index (κ1) is 12.5. The smallest absolute Gasteiger partial charge is 0.335 e. The summed E-state index contributed by atoms with van der Waals surface area (Å²) >= 11 is 0. The molecule has 2 aromatic rings. The molecule has 0 aromatic heterocycles. The molecule has 102 valence electrons. The fourth-order valence-corrected chi connectivity index (χ4v) is 2.36. The van der Waals surface area contributed by atoms with Crippen molar-refractivity contribution in [1.82, 2.24) is 0 Å². The molecule has 20 heavy (non-hydrogen) atoms. The average Bonchev–Trinajstić information content (AvgIpc) is 2.94. The molecule has 0 fully saturated rings. The Labute approximate surface area is 117 Å². The van der Waals surface area contributed by atoms with Crippen molar-refractivity contribution in [3.05, 3.63) is 53.6 Å². The van der Waals surface area contributed by atoms with Crippen LogP contribution < -0.4 is 9.64 Å². The highest BCUT2D eigenvalue weighted by molar-refractivity contribution is 5.88. The van der Waals surface area contributed by atoms with E-state index in [9.17, 15) is 4.79 Å². The fraction of sp³-hybridized carbons (Fsp3) is 0.188. The molecule has 4 heteroatoms. The van der Waals surface area contributed by atoms with Gasteiger partial charge in [0.2, 0.25) is 0 Å². The largest absolute Gasteiger partial charge is 0.493 e. The molecular weight excluding hydrogens is 254 g/mol. The highest BCUT2D eigenvalue weighted by Gasteiger charge is 2.14. The van der Waals surface area contributed by atoms with Crippen LogP contribution in [0, 0.1) is 0 Å². The Kier molecular flexibility index (Phi) is 3.06. The zero-order valence-electron chi connectivity index (χ0n) is 11.2. The summed E-state index contributed by atoms with van der Waals surface area (Å²) < 4.78 is 5.50. The number of aromatic carboxylic acids is 1. The van der Waals surface area contributed by atoms with E-state index >= 15 is 0 Å². The number of carboxylic acid groups (broad SMARTS) is 1. The van der Waals surface area contributed by atoms with Crippen molar-refractivity contribution < 1.29 is 14.6 Å². The summed E-state index contributed by atoms with van der Waals surface area (Å²) in [6.45, 7) is 0.746. The normalized spacial score (nSPS) is 12.7. The second-order valence-corrected chi connectivity index (χ2v) is 4.80. The number of nitrogens with zero attached hydrogens (tertiary/aromatic N) is 1. The first-order chi connectivity index (χ1) is 9.65.